The average Bonchev–Trinajstić information content (AvgIpc) is 2.61. The van der Waals surface area contributed by atoms with Gasteiger partial charge in [0.2, 0.25) is 0 Å². The first-order valence-electron chi connectivity index (χ1n) is 4.56. The van der Waals surface area contributed by atoms with Crippen LogP contribution >= 0.6 is 11.3 Å². The zero-order valence-corrected chi connectivity index (χ0v) is 8.52. The number of fused-ring (bicyclic) bond motifs is 1. The van der Waals surface area contributed by atoms with Crippen molar-refractivity contribution in [2.24, 2.45) is 5.73 Å². The molecule has 2 nitrogen and oxygen atoms in total. The van der Waals surface area contributed by atoms with E-state index in [1.54, 1.807) is 6.07 Å². The van der Waals surface area contributed by atoms with Gasteiger partial charge >= 0.3 is 0 Å². The number of rotatable bonds is 1. The number of nitrogens with two attached hydrogens (primary N) is 1. The smallest absolute Gasteiger partial charge is 0.274 e. The molecule has 2 aromatic rings. The number of nitrogens with zero attached hydrogens (tertiary/aromatic N) is 1. The fourth-order valence-electron chi connectivity index (χ4n) is 1.60. The van der Waals surface area contributed by atoms with Crippen LogP contribution in [0.1, 0.15) is 11.4 Å². The second-order valence-corrected chi connectivity index (χ2v) is 4.87. The minimum Gasteiger partial charge on any atom is -0.314 e. The molecular formula is C10H8F2N2S. The molecule has 5 heteroatoms. The first-order chi connectivity index (χ1) is 7.03. The number of aromatic nitrogens is 1. The van der Waals surface area contributed by atoms with Crippen LogP contribution in [0, 0.1) is 0 Å². The highest BCUT2D eigenvalue weighted by atomic mass is 32.1. The third kappa shape index (κ3) is 1.13. The van der Waals surface area contributed by atoms with E-state index in [9.17, 15) is 8.78 Å². The molecule has 0 amide bonds. The van der Waals surface area contributed by atoms with E-state index in [4.69, 9.17) is 5.73 Å². The van der Waals surface area contributed by atoms with Crippen molar-refractivity contribution < 1.29 is 8.78 Å². The van der Waals surface area contributed by atoms with Crippen molar-refractivity contribution in [2.45, 2.75) is 17.9 Å². The first kappa shape index (κ1) is 9.18. The summed E-state index contributed by atoms with van der Waals surface area (Å²) in [6, 6.07) is 7.36. The number of thiazole rings is 1. The highest BCUT2D eigenvalue weighted by Crippen LogP contribution is 2.58. The number of para-hydroxylation sites is 1. The molecule has 0 spiro atoms. The van der Waals surface area contributed by atoms with Crippen LogP contribution in [0.3, 0.4) is 0 Å². The molecule has 0 aliphatic heterocycles. The molecule has 3 rings (SSSR count). The van der Waals surface area contributed by atoms with Gasteiger partial charge in [-0.25, -0.2) is 13.8 Å². The van der Waals surface area contributed by atoms with Crippen molar-refractivity contribution in [3.8, 4) is 0 Å². The molecule has 1 saturated carbocycles. The van der Waals surface area contributed by atoms with Crippen LogP contribution in [0.5, 0.6) is 0 Å². The Kier molecular flexibility index (Phi) is 1.55. The predicted octanol–water partition coefficient (Wildman–Crippen LogP) is 2.49. The molecule has 1 aliphatic rings. The van der Waals surface area contributed by atoms with E-state index in [0.717, 1.165) is 10.2 Å². The van der Waals surface area contributed by atoms with Gasteiger partial charge in [0, 0.05) is 6.42 Å². The molecule has 2 N–H and O–H groups in total. The van der Waals surface area contributed by atoms with Gasteiger partial charge in [-0.2, -0.15) is 0 Å². The maximum absolute atomic E-state index is 13.0. The van der Waals surface area contributed by atoms with Gasteiger partial charge in [-0.3, -0.25) is 0 Å². The number of hydrogen-bond acceptors (Lipinski definition) is 3. The molecular weight excluding hydrogens is 218 g/mol. The first-order valence-corrected chi connectivity index (χ1v) is 5.37. The van der Waals surface area contributed by atoms with E-state index in [1.165, 1.54) is 11.3 Å². The van der Waals surface area contributed by atoms with Crippen LogP contribution < -0.4 is 5.73 Å². The largest absolute Gasteiger partial charge is 0.314 e. The summed E-state index contributed by atoms with van der Waals surface area (Å²) in [5.74, 6) is -2.79. The summed E-state index contributed by atoms with van der Waals surface area (Å²) in [4.78, 5) is 4.16. The van der Waals surface area contributed by atoms with Gasteiger partial charge in [-0.05, 0) is 12.1 Å². The lowest BCUT2D eigenvalue weighted by molar-refractivity contribution is 0.0891. The van der Waals surface area contributed by atoms with Crippen molar-refractivity contribution >= 4 is 21.6 Å². The van der Waals surface area contributed by atoms with Gasteiger partial charge in [-0.15, -0.1) is 11.3 Å². The molecule has 1 heterocycles. The molecule has 1 aromatic carbocycles. The summed E-state index contributed by atoms with van der Waals surface area (Å²) in [7, 11) is 0. The SMILES string of the molecule is NC1(c2nc3ccccc3s2)CC1(F)F. The summed E-state index contributed by atoms with van der Waals surface area (Å²) in [6.45, 7) is 0. The zero-order chi connectivity index (χ0) is 10.7. The number of benzene rings is 1. The molecule has 1 aromatic heterocycles. The van der Waals surface area contributed by atoms with Gasteiger partial charge in [0.1, 0.15) is 10.5 Å². The lowest BCUT2D eigenvalue weighted by atomic mass is 10.3. The van der Waals surface area contributed by atoms with Gasteiger partial charge < -0.3 is 5.73 Å². The Bertz CT molecular complexity index is 504. The van der Waals surface area contributed by atoms with Crippen molar-refractivity contribution in [3.05, 3.63) is 29.3 Å². The van der Waals surface area contributed by atoms with Crippen LogP contribution in [0.4, 0.5) is 8.78 Å². The van der Waals surface area contributed by atoms with E-state index in [-0.39, 0.29) is 6.42 Å². The van der Waals surface area contributed by atoms with E-state index in [1.807, 2.05) is 18.2 Å². The Morgan fingerprint density at radius 3 is 2.60 bits per heavy atom. The second-order valence-electron chi connectivity index (χ2n) is 3.84. The molecule has 0 saturated heterocycles. The fraction of sp³-hybridized carbons (Fsp3) is 0.300. The lowest BCUT2D eigenvalue weighted by Gasteiger charge is -2.04. The molecule has 0 bridgehead atoms. The normalized spacial score (nSPS) is 28.2. The van der Waals surface area contributed by atoms with Gasteiger partial charge in [0.25, 0.3) is 5.92 Å². The third-order valence-electron chi connectivity index (χ3n) is 2.70. The number of alkyl halides is 2. The van der Waals surface area contributed by atoms with Gasteiger partial charge in [0.05, 0.1) is 10.2 Å². The fourth-order valence-corrected chi connectivity index (χ4v) is 2.72. The number of halogens is 2. The highest BCUT2D eigenvalue weighted by Gasteiger charge is 2.71. The maximum Gasteiger partial charge on any atom is 0.274 e. The van der Waals surface area contributed by atoms with Crippen LogP contribution in [0.15, 0.2) is 24.3 Å². The minimum absolute atomic E-state index is 0.292. The minimum atomic E-state index is -2.79. The van der Waals surface area contributed by atoms with E-state index < -0.39 is 11.5 Å². The van der Waals surface area contributed by atoms with E-state index in [2.05, 4.69) is 4.98 Å². The summed E-state index contributed by atoms with van der Waals surface area (Å²) in [5.41, 5.74) is 4.83. The lowest BCUT2D eigenvalue weighted by Crippen LogP contribution is -2.26. The van der Waals surface area contributed by atoms with Crippen LogP contribution in [0.25, 0.3) is 10.2 Å². The van der Waals surface area contributed by atoms with Crippen molar-refractivity contribution in [1.29, 1.82) is 0 Å². The molecule has 1 aliphatic carbocycles. The van der Waals surface area contributed by atoms with Crippen molar-refractivity contribution in [3.63, 3.8) is 0 Å². The summed E-state index contributed by atoms with van der Waals surface area (Å²) in [6.07, 6.45) is -0.292. The molecule has 78 valence electrons. The third-order valence-corrected chi connectivity index (χ3v) is 3.92. The summed E-state index contributed by atoms with van der Waals surface area (Å²) < 4.78 is 27.0. The second kappa shape index (κ2) is 2.54. The quantitative estimate of drug-likeness (QED) is 0.811. The van der Waals surface area contributed by atoms with Crippen LogP contribution in [0.2, 0.25) is 0 Å². The Balaban J connectivity index is 2.14. The Morgan fingerprint density at radius 1 is 1.33 bits per heavy atom. The zero-order valence-electron chi connectivity index (χ0n) is 7.71. The Labute approximate surface area is 88.7 Å². The highest BCUT2D eigenvalue weighted by molar-refractivity contribution is 7.18. The predicted molar refractivity (Wildman–Crippen MR) is 55.0 cm³/mol. The van der Waals surface area contributed by atoms with Crippen molar-refractivity contribution in [1.82, 2.24) is 4.98 Å². The van der Waals surface area contributed by atoms with Gasteiger partial charge in [-0.1, -0.05) is 12.1 Å². The topological polar surface area (TPSA) is 38.9 Å². The molecule has 1 fully saturated rings. The monoisotopic (exact) mass is 226 g/mol. The Hall–Kier alpha value is -1.07. The maximum atomic E-state index is 13.0. The molecule has 1 atom stereocenters. The van der Waals surface area contributed by atoms with Crippen LogP contribution in [-0.2, 0) is 5.54 Å². The standard InChI is InChI=1S/C10H8F2N2S/c11-10(12)5-9(10,13)8-14-6-3-1-2-4-7(6)15-8/h1-4H,5,13H2. The summed E-state index contributed by atoms with van der Waals surface area (Å²) >= 11 is 1.25. The molecule has 15 heavy (non-hydrogen) atoms. The Morgan fingerprint density at radius 2 is 2.00 bits per heavy atom. The number of hydrogen-bond donors (Lipinski definition) is 1. The molecule has 1 unspecified atom stereocenters. The van der Waals surface area contributed by atoms with Crippen molar-refractivity contribution in [2.75, 3.05) is 0 Å². The average molecular weight is 226 g/mol. The van der Waals surface area contributed by atoms with E-state index in [0.29, 0.717) is 5.01 Å². The summed E-state index contributed by atoms with van der Waals surface area (Å²) in [5, 5.41) is 0.341. The van der Waals surface area contributed by atoms with E-state index >= 15 is 0 Å². The van der Waals surface area contributed by atoms with Crippen LogP contribution in [-0.4, -0.2) is 10.9 Å². The van der Waals surface area contributed by atoms with Gasteiger partial charge in [0.15, 0.2) is 0 Å². The molecule has 0 radical (unpaired) electrons.